The topological polar surface area (TPSA) is 70.8 Å². The summed E-state index contributed by atoms with van der Waals surface area (Å²) in [6.45, 7) is 0. The van der Waals surface area contributed by atoms with Crippen molar-refractivity contribution in [2.45, 2.75) is 0 Å². The molecule has 1 aromatic heterocycles. The van der Waals surface area contributed by atoms with Crippen LogP contribution in [-0.2, 0) is 0 Å². The molecular weight excluding hydrogens is 271 g/mol. The number of halogens is 2. The number of methoxy groups -OCH3 is 1. The Labute approximate surface area is 113 Å². The SMILES string of the molecule is COc1cc(C#N)ccc1Nc1nc(Cl)ncc1F. The smallest absolute Gasteiger partial charge is 0.224 e. The number of ether oxygens (including phenoxy) is 1. The van der Waals surface area contributed by atoms with E-state index < -0.39 is 5.82 Å². The van der Waals surface area contributed by atoms with Gasteiger partial charge in [-0.1, -0.05) is 0 Å². The molecule has 0 bridgehead atoms. The number of benzene rings is 1. The van der Waals surface area contributed by atoms with Gasteiger partial charge in [0, 0.05) is 6.07 Å². The van der Waals surface area contributed by atoms with Crippen LogP contribution < -0.4 is 10.1 Å². The van der Waals surface area contributed by atoms with Gasteiger partial charge in [-0.3, -0.25) is 0 Å². The molecule has 1 N–H and O–H groups in total. The van der Waals surface area contributed by atoms with Crippen molar-refractivity contribution in [1.82, 2.24) is 9.97 Å². The van der Waals surface area contributed by atoms with E-state index in [2.05, 4.69) is 15.3 Å². The van der Waals surface area contributed by atoms with Gasteiger partial charge in [0.1, 0.15) is 5.75 Å². The number of hydrogen-bond donors (Lipinski definition) is 1. The third-order valence-corrected chi connectivity index (χ3v) is 2.48. The largest absolute Gasteiger partial charge is 0.495 e. The van der Waals surface area contributed by atoms with Gasteiger partial charge in [-0.15, -0.1) is 0 Å². The van der Waals surface area contributed by atoms with Crippen molar-refractivity contribution >= 4 is 23.1 Å². The molecule has 0 atom stereocenters. The Hall–Kier alpha value is -2.39. The fourth-order valence-electron chi connectivity index (χ4n) is 1.42. The second-order valence-electron chi connectivity index (χ2n) is 3.49. The molecule has 1 heterocycles. The molecule has 5 nitrogen and oxygen atoms in total. The first kappa shape index (κ1) is 13.1. The Balaban J connectivity index is 2.38. The fourth-order valence-corrected chi connectivity index (χ4v) is 1.56. The average Bonchev–Trinajstić information content (AvgIpc) is 2.43. The number of nitrogens with one attached hydrogen (secondary N) is 1. The van der Waals surface area contributed by atoms with Crippen LogP contribution >= 0.6 is 11.6 Å². The zero-order valence-electron chi connectivity index (χ0n) is 9.82. The van der Waals surface area contributed by atoms with Crippen LogP contribution in [-0.4, -0.2) is 17.1 Å². The highest BCUT2D eigenvalue weighted by atomic mass is 35.5. The summed E-state index contributed by atoms with van der Waals surface area (Å²) < 4.78 is 18.6. The number of nitrogens with zero attached hydrogens (tertiary/aromatic N) is 3. The number of aromatic nitrogens is 2. The summed E-state index contributed by atoms with van der Waals surface area (Å²) >= 11 is 5.60. The van der Waals surface area contributed by atoms with Crippen LogP contribution in [0.25, 0.3) is 0 Å². The van der Waals surface area contributed by atoms with Gasteiger partial charge in [-0.2, -0.15) is 10.2 Å². The van der Waals surface area contributed by atoms with Gasteiger partial charge in [0.05, 0.1) is 30.6 Å². The molecule has 2 rings (SSSR count). The van der Waals surface area contributed by atoms with E-state index in [4.69, 9.17) is 21.6 Å². The Morgan fingerprint density at radius 2 is 2.26 bits per heavy atom. The van der Waals surface area contributed by atoms with Crippen LogP contribution in [0.5, 0.6) is 5.75 Å². The number of anilines is 2. The minimum Gasteiger partial charge on any atom is -0.495 e. The lowest BCUT2D eigenvalue weighted by molar-refractivity contribution is 0.416. The third-order valence-electron chi connectivity index (χ3n) is 2.30. The molecule has 1 aromatic carbocycles. The summed E-state index contributed by atoms with van der Waals surface area (Å²) in [4.78, 5) is 7.25. The maximum Gasteiger partial charge on any atom is 0.224 e. The van der Waals surface area contributed by atoms with Crippen molar-refractivity contribution in [2.24, 2.45) is 0 Å². The molecule has 7 heteroatoms. The summed E-state index contributed by atoms with van der Waals surface area (Å²) in [5.41, 5.74) is 0.902. The summed E-state index contributed by atoms with van der Waals surface area (Å²) in [6.07, 6.45) is 0.966. The Morgan fingerprint density at radius 3 is 2.95 bits per heavy atom. The Morgan fingerprint density at radius 1 is 1.47 bits per heavy atom. The highest BCUT2D eigenvalue weighted by Crippen LogP contribution is 2.28. The van der Waals surface area contributed by atoms with E-state index in [0.29, 0.717) is 17.0 Å². The lowest BCUT2D eigenvalue weighted by Gasteiger charge is -2.11. The molecule has 0 aliphatic heterocycles. The highest BCUT2D eigenvalue weighted by Gasteiger charge is 2.10. The number of nitriles is 1. The first-order valence-corrected chi connectivity index (χ1v) is 5.55. The molecular formula is C12H8ClFN4O. The molecule has 0 aliphatic carbocycles. The average molecular weight is 279 g/mol. The fraction of sp³-hybridized carbons (Fsp3) is 0.0833. The molecule has 0 unspecified atom stereocenters. The maximum absolute atomic E-state index is 13.5. The molecule has 0 aliphatic rings. The Bertz CT molecular complexity index is 657. The molecule has 2 aromatic rings. The van der Waals surface area contributed by atoms with Gasteiger partial charge in [-0.25, -0.2) is 9.37 Å². The van der Waals surface area contributed by atoms with E-state index in [1.165, 1.54) is 13.2 Å². The first-order valence-electron chi connectivity index (χ1n) is 5.17. The molecule has 19 heavy (non-hydrogen) atoms. The van der Waals surface area contributed by atoms with Crippen molar-refractivity contribution in [1.29, 1.82) is 5.26 Å². The number of rotatable bonds is 3. The molecule has 0 saturated carbocycles. The van der Waals surface area contributed by atoms with E-state index in [1.54, 1.807) is 12.1 Å². The molecule has 0 radical (unpaired) electrons. The van der Waals surface area contributed by atoms with Gasteiger partial charge >= 0.3 is 0 Å². The van der Waals surface area contributed by atoms with Gasteiger partial charge in [-0.05, 0) is 23.7 Å². The minimum absolute atomic E-state index is 0.0667. The standard InChI is InChI=1S/C12H8ClFN4O/c1-19-10-4-7(5-15)2-3-9(10)17-11-8(14)6-16-12(13)18-11/h2-4,6H,1H3,(H,16,17,18). The molecule has 0 amide bonds. The van der Waals surface area contributed by atoms with E-state index >= 15 is 0 Å². The van der Waals surface area contributed by atoms with Crippen molar-refractivity contribution in [3.8, 4) is 11.8 Å². The normalized spacial score (nSPS) is 9.79. The van der Waals surface area contributed by atoms with E-state index in [1.807, 2.05) is 6.07 Å². The first-order chi connectivity index (χ1) is 9.13. The molecule has 0 fully saturated rings. The van der Waals surface area contributed by atoms with Gasteiger partial charge in [0.15, 0.2) is 11.6 Å². The van der Waals surface area contributed by atoms with Gasteiger partial charge in [0.2, 0.25) is 5.28 Å². The predicted octanol–water partition coefficient (Wildman–Crippen LogP) is 2.89. The van der Waals surface area contributed by atoms with E-state index in [-0.39, 0.29) is 11.1 Å². The third kappa shape index (κ3) is 2.89. The van der Waals surface area contributed by atoms with Crippen molar-refractivity contribution < 1.29 is 9.13 Å². The van der Waals surface area contributed by atoms with E-state index in [9.17, 15) is 4.39 Å². The Kier molecular flexibility index (Phi) is 3.78. The lowest BCUT2D eigenvalue weighted by Crippen LogP contribution is -2.01. The summed E-state index contributed by atoms with van der Waals surface area (Å²) in [7, 11) is 1.45. The quantitative estimate of drug-likeness (QED) is 0.874. The predicted molar refractivity (Wildman–Crippen MR) is 68.0 cm³/mol. The van der Waals surface area contributed by atoms with Crippen LogP contribution in [0, 0.1) is 17.1 Å². The monoisotopic (exact) mass is 278 g/mol. The lowest BCUT2D eigenvalue weighted by atomic mass is 10.2. The van der Waals surface area contributed by atoms with E-state index in [0.717, 1.165) is 6.20 Å². The maximum atomic E-state index is 13.5. The van der Waals surface area contributed by atoms with Gasteiger partial charge in [0.25, 0.3) is 0 Å². The molecule has 0 spiro atoms. The summed E-state index contributed by atoms with van der Waals surface area (Å²) in [5.74, 6) is -0.313. The minimum atomic E-state index is -0.643. The second-order valence-corrected chi connectivity index (χ2v) is 3.83. The highest BCUT2D eigenvalue weighted by molar-refractivity contribution is 6.28. The van der Waals surface area contributed by atoms with Crippen molar-refractivity contribution in [2.75, 3.05) is 12.4 Å². The summed E-state index contributed by atoms with van der Waals surface area (Å²) in [5, 5.41) is 11.5. The van der Waals surface area contributed by atoms with Crippen molar-refractivity contribution in [3.05, 3.63) is 41.1 Å². The van der Waals surface area contributed by atoms with Crippen LogP contribution in [0.3, 0.4) is 0 Å². The van der Waals surface area contributed by atoms with Crippen LogP contribution in [0.4, 0.5) is 15.9 Å². The number of hydrogen-bond acceptors (Lipinski definition) is 5. The van der Waals surface area contributed by atoms with Crippen LogP contribution in [0.1, 0.15) is 5.56 Å². The molecule has 0 saturated heterocycles. The van der Waals surface area contributed by atoms with Crippen LogP contribution in [0.15, 0.2) is 24.4 Å². The summed E-state index contributed by atoms with van der Waals surface area (Å²) in [6, 6.07) is 6.68. The molecule has 96 valence electrons. The van der Waals surface area contributed by atoms with Gasteiger partial charge < -0.3 is 10.1 Å². The zero-order chi connectivity index (χ0) is 13.8. The second kappa shape index (κ2) is 5.50. The van der Waals surface area contributed by atoms with Crippen molar-refractivity contribution in [3.63, 3.8) is 0 Å². The zero-order valence-corrected chi connectivity index (χ0v) is 10.6. The van der Waals surface area contributed by atoms with Crippen LogP contribution in [0.2, 0.25) is 5.28 Å².